The summed E-state index contributed by atoms with van der Waals surface area (Å²) in [7, 11) is 0. The lowest BCUT2D eigenvalue weighted by molar-refractivity contribution is -0.130. The molecule has 0 N–H and O–H groups in total. The summed E-state index contributed by atoms with van der Waals surface area (Å²) < 4.78 is 18.1. The van der Waals surface area contributed by atoms with Crippen LogP contribution >= 0.6 is 0 Å². The van der Waals surface area contributed by atoms with Gasteiger partial charge in [0, 0.05) is 17.2 Å². The van der Waals surface area contributed by atoms with Crippen LogP contribution in [-0.4, -0.2) is 17.7 Å². The first-order valence-electron chi connectivity index (χ1n) is 6.51. The second kappa shape index (κ2) is 5.73. The van der Waals surface area contributed by atoms with Gasteiger partial charge in [0.1, 0.15) is 5.82 Å². The van der Waals surface area contributed by atoms with Gasteiger partial charge < -0.3 is 4.74 Å². The van der Waals surface area contributed by atoms with Gasteiger partial charge in [0.15, 0.2) is 11.5 Å². The molecule has 2 aromatic carbocycles. The van der Waals surface area contributed by atoms with Gasteiger partial charge in [-0.05, 0) is 24.3 Å². The molecule has 0 atom stereocenters. The van der Waals surface area contributed by atoms with Crippen molar-refractivity contribution in [1.82, 2.24) is 0 Å². The monoisotopic (exact) mass is 295 g/mol. The number of carbonyl (C=O) groups excluding carboxylic acids is 2. The normalized spacial score (nSPS) is 15.6. The number of ketones is 1. The smallest absolute Gasteiger partial charge is 0.363 e. The molecule has 22 heavy (non-hydrogen) atoms. The molecule has 0 fully saturated rings. The number of hydrogen-bond acceptors (Lipinski definition) is 4. The van der Waals surface area contributed by atoms with E-state index < -0.39 is 17.6 Å². The lowest BCUT2D eigenvalue weighted by atomic mass is 10.1. The molecule has 0 spiro atoms. The highest BCUT2D eigenvalue weighted by atomic mass is 19.1. The lowest BCUT2D eigenvalue weighted by Crippen LogP contribution is -2.06. The molecule has 0 radical (unpaired) electrons. The predicted octanol–water partition coefficient (Wildman–Crippen LogP) is 2.90. The zero-order valence-corrected chi connectivity index (χ0v) is 11.3. The number of allylic oxidation sites excluding steroid dienone is 1. The second-order valence-corrected chi connectivity index (χ2v) is 4.58. The minimum Gasteiger partial charge on any atom is -0.402 e. The van der Waals surface area contributed by atoms with E-state index in [0.717, 1.165) is 12.1 Å². The van der Waals surface area contributed by atoms with Crippen LogP contribution in [0.15, 0.2) is 71.4 Å². The molecule has 0 aromatic heterocycles. The summed E-state index contributed by atoms with van der Waals surface area (Å²) in [6.07, 6.45) is 1.05. The molecule has 5 heteroatoms. The molecule has 0 saturated heterocycles. The van der Waals surface area contributed by atoms with E-state index in [2.05, 4.69) is 4.99 Å². The van der Waals surface area contributed by atoms with Crippen molar-refractivity contribution in [3.63, 3.8) is 0 Å². The van der Waals surface area contributed by atoms with Crippen LogP contribution in [0.2, 0.25) is 0 Å². The first-order valence-corrected chi connectivity index (χ1v) is 6.51. The summed E-state index contributed by atoms with van der Waals surface area (Å²) in [6.45, 7) is 0. The zero-order chi connectivity index (χ0) is 15.5. The Bertz CT molecular complexity index is 810. The molecule has 2 aromatic rings. The maximum Gasteiger partial charge on any atom is 0.363 e. The molecule has 0 unspecified atom stereocenters. The van der Waals surface area contributed by atoms with Gasteiger partial charge in [-0.2, -0.15) is 0 Å². The van der Waals surface area contributed by atoms with Crippen molar-refractivity contribution < 1.29 is 18.7 Å². The number of ether oxygens (including phenoxy) is 1. The van der Waals surface area contributed by atoms with E-state index in [1.807, 2.05) is 6.07 Å². The van der Waals surface area contributed by atoms with Gasteiger partial charge in [0.25, 0.3) is 0 Å². The summed E-state index contributed by atoms with van der Waals surface area (Å²) in [4.78, 5) is 27.8. The summed E-state index contributed by atoms with van der Waals surface area (Å²) >= 11 is 0. The summed E-state index contributed by atoms with van der Waals surface area (Å²) in [5, 5.41) is 0. The fourth-order valence-corrected chi connectivity index (χ4v) is 1.96. The Kier molecular flexibility index (Phi) is 3.62. The molecule has 1 aliphatic rings. The number of aliphatic imine (C=N–C) groups is 1. The summed E-state index contributed by atoms with van der Waals surface area (Å²) in [5.74, 6) is -1.59. The van der Waals surface area contributed by atoms with Gasteiger partial charge in [-0.25, -0.2) is 14.2 Å². The molecule has 1 aliphatic heterocycles. The van der Waals surface area contributed by atoms with Crippen molar-refractivity contribution in [2.75, 3.05) is 0 Å². The Morgan fingerprint density at radius 2 is 1.86 bits per heavy atom. The van der Waals surface area contributed by atoms with Crippen LogP contribution in [0.5, 0.6) is 0 Å². The fraction of sp³-hybridized carbons (Fsp3) is 0. The summed E-state index contributed by atoms with van der Waals surface area (Å²) in [6, 6.07) is 14.1. The van der Waals surface area contributed by atoms with E-state index in [1.54, 1.807) is 24.3 Å². The Morgan fingerprint density at radius 1 is 1.09 bits per heavy atom. The van der Waals surface area contributed by atoms with E-state index in [4.69, 9.17) is 4.74 Å². The molecule has 4 nitrogen and oxygen atoms in total. The van der Waals surface area contributed by atoms with Gasteiger partial charge >= 0.3 is 5.97 Å². The minimum atomic E-state index is -0.705. The number of halogens is 1. The van der Waals surface area contributed by atoms with Crippen LogP contribution in [0.1, 0.15) is 15.9 Å². The quantitative estimate of drug-likeness (QED) is 0.497. The molecular formula is C17H10FNO3. The second-order valence-electron chi connectivity index (χ2n) is 4.58. The molecule has 0 bridgehead atoms. The van der Waals surface area contributed by atoms with E-state index >= 15 is 0 Å². The number of hydrogen-bond donors (Lipinski definition) is 0. The van der Waals surface area contributed by atoms with Crippen molar-refractivity contribution in [2.45, 2.75) is 0 Å². The largest absolute Gasteiger partial charge is 0.402 e. The first-order chi connectivity index (χ1) is 10.6. The van der Waals surface area contributed by atoms with Crippen LogP contribution in [-0.2, 0) is 9.53 Å². The highest BCUT2D eigenvalue weighted by molar-refractivity contribution is 6.15. The molecular weight excluding hydrogens is 285 g/mol. The SMILES string of the molecule is O=C1OC(c2ccccc2)=N/C1=C\C(=O)c1cccc(F)c1. The lowest BCUT2D eigenvalue weighted by Gasteiger charge is -1.97. The molecule has 108 valence electrons. The van der Waals surface area contributed by atoms with Crippen molar-refractivity contribution in [2.24, 2.45) is 4.99 Å². The molecule has 0 amide bonds. The third-order valence-electron chi connectivity index (χ3n) is 3.02. The van der Waals surface area contributed by atoms with Crippen LogP contribution in [0.3, 0.4) is 0 Å². The van der Waals surface area contributed by atoms with E-state index in [1.165, 1.54) is 18.2 Å². The third-order valence-corrected chi connectivity index (χ3v) is 3.02. The number of cyclic esters (lactones) is 1. The van der Waals surface area contributed by atoms with Crippen LogP contribution in [0.25, 0.3) is 0 Å². The highest BCUT2D eigenvalue weighted by Crippen LogP contribution is 2.17. The number of carbonyl (C=O) groups is 2. The van der Waals surface area contributed by atoms with Crippen LogP contribution in [0.4, 0.5) is 4.39 Å². The predicted molar refractivity (Wildman–Crippen MR) is 77.9 cm³/mol. The Hall–Kier alpha value is -3.08. The molecule has 1 heterocycles. The zero-order valence-electron chi connectivity index (χ0n) is 11.3. The highest BCUT2D eigenvalue weighted by Gasteiger charge is 2.25. The van der Waals surface area contributed by atoms with Crippen molar-refractivity contribution in [3.05, 3.63) is 83.3 Å². The van der Waals surface area contributed by atoms with Gasteiger partial charge in [-0.3, -0.25) is 4.79 Å². The van der Waals surface area contributed by atoms with Crippen LogP contribution in [0, 0.1) is 5.82 Å². The third kappa shape index (κ3) is 2.83. The van der Waals surface area contributed by atoms with Crippen molar-refractivity contribution in [3.8, 4) is 0 Å². The number of benzene rings is 2. The number of rotatable bonds is 3. The van der Waals surface area contributed by atoms with Gasteiger partial charge in [-0.1, -0.05) is 30.3 Å². The van der Waals surface area contributed by atoms with Gasteiger partial charge in [0.2, 0.25) is 5.90 Å². The Labute approximate surface area is 125 Å². The van der Waals surface area contributed by atoms with Crippen molar-refractivity contribution in [1.29, 1.82) is 0 Å². The fourth-order valence-electron chi connectivity index (χ4n) is 1.96. The van der Waals surface area contributed by atoms with Crippen molar-refractivity contribution >= 4 is 17.7 Å². The average molecular weight is 295 g/mol. The van der Waals surface area contributed by atoms with E-state index in [-0.39, 0.29) is 17.2 Å². The Morgan fingerprint density at radius 3 is 2.59 bits per heavy atom. The van der Waals surface area contributed by atoms with E-state index in [0.29, 0.717) is 5.56 Å². The number of esters is 1. The van der Waals surface area contributed by atoms with Gasteiger partial charge in [0.05, 0.1) is 0 Å². The first kappa shape index (κ1) is 13.9. The van der Waals surface area contributed by atoms with Crippen LogP contribution < -0.4 is 0 Å². The topological polar surface area (TPSA) is 55.7 Å². The standard InChI is InChI=1S/C17H10FNO3/c18-13-8-4-7-12(9-13)15(20)10-14-17(21)22-16(19-14)11-5-2-1-3-6-11/h1-10H/b14-10-. The molecule has 0 aliphatic carbocycles. The molecule has 3 rings (SSSR count). The maximum absolute atomic E-state index is 13.1. The summed E-state index contributed by atoms with van der Waals surface area (Å²) in [5.41, 5.74) is 0.675. The average Bonchev–Trinajstić information content (AvgIpc) is 2.89. The maximum atomic E-state index is 13.1. The van der Waals surface area contributed by atoms with E-state index in [9.17, 15) is 14.0 Å². The Balaban J connectivity index is 1.89. The molecule has 0 saturated carbocycles. The minimum absolute atomic E-state index is 0.104. The number of nitrogens with zero attached hydrogens (tertiary/aromatic N) is 1. The van der Waals surface area contributed by atoms with Gasteiger partial charge in [-0.15, -0.1) is 0 Å².